The van der Waals surface area contributed by atoms with Crippen LogP contribution in [0.1, 0.15) is 22.9 Å². The van der Waals surface area contributed by atoms with Crippen LogP contribution in [0.2, 0.25) is 5.02 Å². The quantitative estimate of drug-likeness (QED) is 0.212. The minimum Gasteiger partial charge on any atom is -0.507 e. The van der Waals surface area contributed by atoms with Gasteiger partial charge in [-0.25, -0.2) is 0 Å². The Morgan fingerprint density at radius 2 is 1.81 bits per heavy atom. The first-order valence-corrected chi connectivity index (χ1v) is 9.40. The highest BCUT2D eigenvalue weighted by atomic mass is 35.5. The minimum atomic E-state index is -1.07. The third-order valence-corrected chi connectivity index (χ3v) is 5.10. The zero-order chi connectivity index (χ0) is 22.3. The largest absolute Gasteiger partial charge is 0.507 e. The second kappa shape index (κ2) is 7.69. The molecular formula is C21H14ClN3O6. The number of aromatic nitrogens is 1. The minimum absolute atomic E-state index is 0.0816. The van der Waals surface area contributed by atoms with Gasteiger partial charge in [0.05, 0.1) is 16.5 Å². The van der Waals surface area contributed by atoms with Gasteiger partial charge in [-0.3, -0.25) is 24.6 Å². The summed E-state index contributed by atoms with van der Waals surface area (Å²) in [5, 5.41) is 26.2. The maximum atomic E-state index is 12.9. The molecule has 1 aliphatic heterocycles. The molecule has 0 radical (unpaired) electrons. The number of hydrogen-bond acceptors (Lipinski definition) is 7. The van der Waals surface area contributed by atoms with Crippen molar-refractivity contribution < 1.29 is 24.1 Å². The predicted molar refractivity (Wildman–Crippen MR) is 111 cm³/mol. The molecule has 1 amide bonds. The highest BCUT2D eigenvalue weighted by Gasteiger charge is 2.48. The zero-order valence-corrected chi connectivity index (χ0v) is 16.7. The predicted octanol–water partition coefficient (Wildman–Crippen LogP) is 4.17. The number of nitro benzene ring substituents is 1. The number of rotatable bonds is 4. The van der Waals surface area contributed by atoms with Gasteiger partial charge in [0.2, 0.25) is 0 Å². The number of aliphatic hydroxyl groups excluding tert-OH is 1. The number of Topliss-reactive ketones (excluding diaryl/α,β-unsaturated/α-hetero) is 1. The normalized spacial score (nSPS) is 17.9. The average Bonchev–Trinajstić information content (AvgIpc) is 3.29. The smallest absolute Gasteiger partial charge is 0.301 e. The molecule has 156 valence electrons. The Bertz CT molecular complexity index is 1230. The van der Waals surface area contributed by atoms with E-state index in [9.17, 15) is 24.8 Å². The van der Waals surface area contributed by atoms with E-state index in [2.05, 4.69) is 5.16 Å². The van der Waals surface area contributed by atoms with E-state index in [0.717, 1.165) is 4.90 Å². The fourth-order valence-electron chi connectivity index (χ4n) is 3.39. The van der Waals surface area contributed by atoms with Crippen LogP contribution < -0.4 is 4.90 Å². The molecule has 0 bridgehead atoms. The second-order valence-corrected chi connectivity index (χ2v) is 7.26. The average molecular weight is 440 g/mol. The van der Waals surface area contributed by atoms with Gasteiger partial charge in [-0.1, -0.05) is 16.8 Å². The summed E-state index contributed by atoms with van der Waals surface area (Å²) in [5.41, 5.74) is 0.323. The zero-order valence-electron chi connectivity index (χ0n) is 16.0. The molecule has 0 spiro atoms. The van der Waals surface area contributed by atoms with Crippen molar-refractivity contribution >= 4 is 40.6 Å². The lowest BCUT2D eigenvalue weighted by molar-refractivity contribution is -0.384. The molecule has 0 aliphatic carbocycles. The van der Waals surface area contributed by atoms with Crippen molar-refractivity contribution in [3.8, 4) is 0 Å². The van der Waals surface area contributed by atoms with Crippen LogP contribution in [0, 0.1) is 17.0 Å². The number of benzene rings is 2. The monoisotopic (exact) mass is 439 g/mol. The van der Waals surface area contributed by atoms with Crippen LogP contribution in [0.25, 0.3) is 5.76 Å². The van der Waals surface area contributed by atoms with Crippen molar-refractivity contribution in [3.63, 3.8) is 0 Å². The molecule has 1 N–H and O–H groups in total. The van der Waals surface area contributed by atoms with E-state index in [1.54, 1.807) is 6.92 Å². The maximum absolute atomic E-state index is 12.9. The molecule has 1 saturated heterocycles. The fraction of sp³-hybridized carbons (Fsp3) is 0.0952. The number of halogens is 1. The lowest BCUT2D eigenvalue weighted by Gasteiger charge is -2.22. The Morgan fingerprint density at radius 1 is 1.16 bits per heavy atom. The standard InChI is InChI=1S/C21H14ClN3O6/c1-11-10-16(23-31-11)24-18(12-4-8-15(9-5-12)25(29)30)17(20(27)21(24)28)19(26)13-2-6-14(22)7-3-13/h2-10,18,26H,1H3/t18-/m0/s1. The number of carbonyl (C=O) groups excluding carboxylic acids is 2. The Balaban J connectivity index is 1.92. The number of aryl methyl sites for hydroxylation is 1. The van der Waals surface area contributed by atoms with Crippen LogP contribution in [0.4, 0.5) is 11.5 Å². The Labute approximate surface area is 180 Å². The van der Waals surface area contributed by atoms with Gasteiger partial charge < -0.3 is 9.63 Å². The van der Waals surface area contributed by atoms with Crippen molar-refractivity contribution in [2.24, 2.45) is 0 Å². The van der Waals surface area contributed by atoms with Crippen molar-refractivity contribution in [2.75, 3.05) is 4.90 Å². The summed E-state index contributed by atoms with van der Waals surface area (Å²) in [6.07, 6.45) is 0. The van der Waals surface area contributed by atoms with Gasteiger partial charge >= 0.3 is 5.91 Å². The number of nitrogens with zero attached hydrogens (tertiary/aromatic N) is 3. The summed E-state index contributed by atoms with van der Waals surface area (Å²) in [7, 11) is 0. The van der Waals surface area contributed by atoms with Crippen molar-refractivity contribution in [1.29, 1.82) is 0 Å². The van der Waals surface area contributed by atoms with Crippen LogP contribution >= 0.6 is 11.6 Å². The highest BCUT2D eigenvalue weighted by molar-refractivity contribution is 6.51. The van der Waals surface area contributed by atoms with E-state index in [1.165, 1.54) is 54.6 Å². The van der Waals surface area contributed by atoms with Gasteiger partial charge in [-0.15, -0.1) is 0 Å². The van der Waals surface area contributed by atoms with Gasteiger partial charge in [-0.2, -0.15) is 0 Å². The van der Waals surface area contributed by atoms with Gasteiger partial charge in [0.1, 0.15) is 11.5 Å². The first-order chi connectivity index (χ1) is 14.8. The molecule has 1 aromatic heterocycles. The molecule has 1 fully saturated rings. The molecule has 0 saturated carbocycles. The first-order valence-electron chi connectivity index (χ1n) is 9.02. The molecule has 1 aliphatic rings. The molecule has 9 nitrogen and oxygen atoms in total. The molecular weight excluding hydrogens is 426 g/mol. The second-order valence-electron chi connectivity index (χ2n) is 6.82. The van der Waals surface area contributed by atoms with E-state index in [-0.39, 0.29) is 22.6 Å². The van der Waals surface area contributed by atoms with Gasteiger partial charge in [0.25, 0.3) is 11.5 Å². The number of ketones is 1. The molecule has 10 heteroatoms. The number of anilines is 1. The third-order valence-electron chi connectivity index (χ3n) is 4.84. The Hall–Kier alpha value is -3.98. The Kier molecular flexibility index (Phi) is 5.04. The lowest BCUT2D eigenvalue weighted by atomic mass is 9.95. The topological polar surface area (TPSA) is 127 Å². The number of amides is 1. The molecule has 4 rings (SSSR count). The molecule has 0 unspecified atom stereocenters. The van der Waals surface area contributed by atoms with Crippen LogP contribution in [0.5, 0.6) is 0 Å². The van der Waals surface area contributed by atoms with Gasteiger partial charge in [-0.05, 0) is 48.9 Å². The summed E-state index contributed by atoms with van der Waals surface area (Å²) in [4.78, 5) is 37.4. The Morgan fingerprint density at radius 3 is 2.35 bits per heavy atom. The number of aliphatic hydroxyl groups is 1. The van der Waals surface area contributed by atoms with E-state index in [4.69, 9.17) is 16.1 Å². The van der Waals surface area contributed by atoms with Crippen molar-refractivity contribution in [3.05, 3.63) is 92.2 Å². The summed E-state index contributed by atoms with van der Waals surface area (Å²) < 4.78 is 5.05. The third kappa shape index (κ3) is 3.55. The van der Waals surface area contributed by atoms with Gasteiger partial charge in [0.15, 0.2) is 5.82 Å². The molecule has 3 aromatic rings. The lowest BCUT2D eigenvalue weighted by Crippen LogP contribution is -2.29. The molecule has 2 heterocycles. The molecule has 1 atom stereocenters. The van der Waals surface area contributed by atoms with Crippen molar-refractivity contribution in [2.45, 2.75) is 13.0 Å². The van der Waals surface area contributed by atoms with Crippen molar-refractivity contribution in [1.82, 2.24) is 5.16 Å². The van der Waals surface area contributed by atoms with E-state index < -0.39 is 28.4 Å². The number of carbonyl (C=O) groups is 2. The van der Waals surface area contributed by atoms with E-state index in [1.807, 2.05) is 0 Å². The summed E-state index contributed by atoms with van der Waals surface area (Å²) in [6, 6.07) is 11.9. The maximum Gasteiger partial charge on any atom is 0.301 e. The fourth-order valence-corrected chi connectivity index (χ4v) is 3.52. The summed E-state index contributed by atoms with van der Waals surface area (Å²) in [5.74, 6) is -1.74. The van der Waals surface area contributed by atoms with Crippen LogP contribution in [-0.2, 0) is 9.59 Å². The molecule has 31 heavy (non-hydrogen) atoms. The number of nitro groups is 1. The summed E-state index contributed by atoms with van der Waals surface area (Å²) in [6.45, 7) is 1.63. The van der Waals surface area contributed by atoms with Gasteiger partial charge in [0, 0.05) is 28.8 Å². The summed E-state index contributed by atoms with van der Waals surface area (Å²) >= 11 is 5.90. The van der Waals surface area contributed by atoms with Crippen LogP contribution in [0.3, 0.4) is 0 Å². The number of non-ortho nitro benzene ring substituents is 1. The highest BCUT2D eigenvalue weighted by Crippen LogP contribution is 2.42. The van der Waals surface area contributed by atoms with Crippen LogP contribution in [0.15, 0.2) is 64.7 Å². The SMILES string of the molecule is Cc1cc(N2C(=O)C(=O)C(=C(O)c3ccc(Cl)cc3)[C@@H]2c2ccc([N+](=O)[O-])cc2)no1. The number of hydrogen-bond donors (Lipinski definition) is 1. The van der Waals surface area contributed by atoms with Crippen LogP contribution in [-0.4, -0.2) is 26.9 Å². The van der Waals surface area contributed by atoms with E-state index in [0.29, 0.717) is 16.3 Å². The van der Waals surface area contributed by atoms with E-state index >= 15 is 0 Å². The first kappa shape index (κ1) is 20.3. The molecule has 2 aromatic carbocycles.